The zero-order chi connectivity index (χ0) is 14.8. The van der Waals surface area contributed by atoms with Crippen molar-refractivity contribution in [3.63, 3.8) is 0 Å². The fourth-order valence-corrected chi connectivity index (χ4v) is 3.27. The molecule has 1 aliphatic rings. The normalized spacial score (nSPS) is 17.1. The highest BCUT2D eigenvalue weighted by atomic mass is 79.9. The summed E-state index contributed by atoms with van der Waals surface area (Å²) in [6, 6.07) is 4.44. The summed E-state index contributed by atoms with van der Waals surface area (Å²) in [6.07, 6.45) is 1.81. The van der Waals surface area contributed by atoms with E-state index in [1.54, 1.807) is 12.1 Å². The molecule has 0 spiro atoms. The number of aromatic nitrogens is 2. The van der Waals surface area contributed by atoms with Crippen molar-refractivity contribution in [2.45, 2.75) is 18.9 Å². The molecule has 2 N–H and O–H groups in total. The molecule has 9 heteroatoms. The molecule has 118 valence electrons. The van der Waals surface area contributed by atoms with Gasteiger partial charge in [-0.05, 0) is 37.6 Å². The van der Waals surface area contributed by atoms with Crippen LogP contribution in [0.4, 0.5) is 9.52 Å². The molecule has 0 bridgehead atoms. The largest absolute Gasteiger partial charge is 0.306 e. The zero-order valence-electron chi connectivity index (χ0n) is 11.3. The first-order chi connectivity index (χ1) is 10.1. The minimum absolute atomic E-state index is 0. The lowest BCUT2D eigenvalue weighted by Crippen LogP contribution is -2.35. The number of amides is 1. The van der Waals surface area contributed by atoms with Crippen LogP contribution in [0.1, 0.15) is 12.8 Å². The number of rotatable bonds is 3. The number of hydrogen-bond acceptors (Lipinski definition) is 5. The van der Waals surface area contributed by atoms with E-state index in [9.17, 15) is 9.18 Å². The van der Waals surface area contributed by atoms with Gasteiger partial charge < -0.3 is 5.32 Å². The quantitative estimate of drug-likeness (QED) is 0.820. The summed E-state index contributed by atoms with van der Waals surface area (Å²) >= 11 is 4.45. The molecule has 3 rings (SSSR count). The van der Waals surface area contributed by atoms with Gasteiger partial charge in [-0.15, -0.1) is 22.6 Å². The topological polar surface area (TPSA) is 66.9 Å². The maximum atomic E-state index is 13.8. The van der Waals surface area contributed by atoms with Crippen molar-refractivity contribution in [1.82, 2.24) is 15.5 Å². The Morgan fingerprint density at radius 2 is 2.27 bits per heavy atom. The van der Waals surface area contributed by atoms with E-state index in [-0.39, 0.29) is 30.2 Å². The Hall–Kier alpha value is -1.09. The highest BCUT2D eigenvalue weighted by Crippen LogP contribution is 2.30. The standard InChI is InChI=1S/C13H12BrFN4OS.ClH/c14-7-3-4-9(15)8(6-7)12-18-19-13(21-12)17-11(20)10-2-1-5-16-10;/h3-4,6,10,16H,1-2,5H2,(H,17,19,20);1H. The molecular formula is C13H13BrClFN4OS. The second-order valence-electron chi connectivity index (χ2n) is 4.67. The average Bonchev–Trinajstić information content (AvgIpc) is 3.12. The average molecular weight is 408 g/mol. The maximum Gasteiger partial charge on any atom is 0.243 e. The van der Waals surface area contributed by atoms with Gasteiger partial charge in [-0.25, -0.2) is 4.39 Å². The molecule has 1 saturated heterocycles. The second-order valence-corrected chi connectivity index (χ2v) is 6.57. The van der Waals surface area contributed by atoms with Gasteiger partial charge in [0, 0.05) is 10.0 Å². The first kappa shape index (κ1) is 17.3. The van der Waals surface area contributed by atoms with Crippen molar-refractivity contribution >= 4 is 50.7 Å². The molecule has 0 aliphatic carbocycles. The van der Waals surface area contributed by atoms with Gasteiger partial charge in [0.2, 0.25) is 11.0 Å². The summed E-state index contributed by atoms with van der Waals surface area (Å²) in [4.78, 5) is 12.0. The highest BCUT2D eigenvalue weighted by Gasteiger charge is 2.23. The Balaban J connectivity index is 0.00000176. The van der Waals surface area contributed by atoms with Crippen LogP contribution in [0, 0.1) is 5.82 Å². The van der Waals surface area contributed by atoms with E-state index in [1.807, 2.05) is 0 Å². The summed E-state index contributed by atoms with van der Waals surface area (Å²) in [5.41, 5.74) is 0.362. The molecule has 1 atom stereocenters. The summed E-state index contributed by atoms with van der Waals surface area (Å²) in [5, 5.41) is 14.5. The van der Waals surface area contributed by atoms with Gasteiger partial charge in [-0.1, -0.05) is 27.3 Å². The number of carbonyl (C=O) groups excluding carboxylic acids is 1. The van der Waals surface area contributed by atoms with Crippen molar-refractivity contribution < 1.29 is 9.18 Å². The van der Waals surface area contributed by atoms with Gasteiger partial charge in [0.1, 0.15) is 5.82 Å². The minimum Gasteiger partial charge on any atom is -0.306 e. The van der Waals surface area contributed by atoms with Gasteiger partial charge in [0.25, 0.3) is 0 Å². The van der Waals surface area contributed by atoms with Crippen molar-refractivity contribution in [3.8, 4) is 10.6 Å². The first-order valence-electron chi connectivity index (χ1n) is 6.46. The van der Waals surface area contributed by atoms with E-state index in [2.05, 4.69) is 36.8 Å². The van der Waals surface area contributed by atoms with Crippen LogP contribution in [0.2, 0.25) is 0 Å². The number of hydrogen-bond donors (Lipinski definition) is 2. The molecule has 5 nitrogen and oxygen atoms in total. The van der Waals surface area contributed by atoms with Crippen molar-refractivity contribution in [3.05, 3.63) is 28.5 Å². The lowest BCUT2D eigenvalue weighted by atomic mass is 10.2. The molecule has 1 unspecified atom stereocenters. The molecule has 1 amide bonds. The van der Waals surface area contributed by atoms with E-state index in [1.165, 1.54) is 6.07 Å². The van der Waals surface area contributed by atoms with Crippen LogP contribution in [0.5, 0.6) is 0 Å². The number of halogens is 3. The van der Waals surface area contributed by atoms with E-state index >= 15 is 0 Å². The van der Waals surface area contributed by atoms with E-state index < -0.39 is 0 Å². The lowest BCUT2D eigenvalue weighted by molar-refractivity contribution is -0.117. The van der Waals surface area contributed by atoms with Crippen LogP contribution < -0.4 is 10.6 Å². The summed E-state index contributed by atoms with van der Waals surface area (Å²) in [6.45, 7) is 0.850. The molecular weight excluding hydrogens is 395 g/mol. The van der Waals surface area contributed by atoms with E-state index in [0.29, 0.717) is 15.7 Å². The molecule has 1 aromatic heterocycles. The number of nitrogens with one attached hydrogen (secondary N) is 2. The lowest BCUT2D eigenvalue weighted by Gasteiger charge is -2.07. The monoisotopic (exact) mass is 406 g/mol. The first-order valence-corrected chi connectivity index (χ1v) is 8.07. The Kier molecular flexibility index (Phi) is 5.85. The van der Waals surface area contributed by atoms with Crippen LogP contribution >= 0.6 is 39.7 Å². The molecule has 22 heavy (non-hydrogen) atoms. The molecule has 0 saturated carbocycles. The zero-order valence-corrected chi connectivity index (χ0v) is 14.5. The third-order valence-corrected chi connectivity index (χ3v) is 4.56. The fourth-order valence-electron chi connectivity index (χ4n) is 2.14. The van der Waals surface area contributed by atoms with Crippen LogP contribution in [0.3, 0.4) is 0 Å². The summed E-state index contributed by atoms with van der Waals surface area (Å²) in [7, 11) is 0. The fraction of sp³-hybridized carbons (Fsp3) is 0.308. The Morgan fingerprint density at radius 1 is 1.45 bits per heavy atom. The summed E-state index contributed by atoms with van der Waals surface area (Å²) < 4.78 is 14.6. The molecule has 2 aromatic rings. The molecule has 1 fully saturated rings. The van der Waals surface area contributed by atoms with Gasteiger partial charge in [0.05, 0.1) is 6.04 Å². The Labute approximate surface area is 145 Å². The third-order valence-electron chi connectivity index (χ3n) is 3.19. The third kappa shape index (κ3) is 3.81. The number of anilines is 1. The van der Waals surface area contributed by atoms with Crippen molar-refractivity contribution in [2.24, 2.45) is 0 Å². The second kappa shape index (κ2) is 7.45. The van der Waals surface area contributed by atoms with Gasteiger partial charge in [0.15, 0.2) is 5.01 Å². The summed E-state index contributed by atoms with van der Waals surface area (Å²) in [5.74, 6) is -0.491. The Bertz CT molecular complexity index is 678. The number of nitrogens with zero attached hydrogens (tertiary/aromatic N) is 2. The van der Waals surface area contributed by atoms with Gasteiger partial charge in [-0.2, -0.15) is 0 Å². The molecule has 1 aliphatic heterocycles. The van der Waals surface area contributed by atoms with Crippen LogP contribution in [0.25, 0.3) is 10.6 Å². The molecule has 1 aromatic carbocycles. The predicted molar refractivity (Wildman–Crippen MR) is 89.9 cm³/mol. The molecule has 2 heterocycles. The SMILES string of the molecule is Cl.O=C(Nc1nnc(-c2cc(Br)ccc2F)s1)C1CCCN1. The van der Waals surface area contributed by atoms with Crippen LogP contribution in [-0.4, -0.2) is 28.7 Å². The predicted octanol–water partition coefficient (Wildman–Crippen LogP) is 3.22. The van der Waals surface area contributed by atoms with Gasteiger partial charge in [-0.3, -0.25) is 10.1 Å². The highest BCUT2D eigenvalue weighted by molar-refractivity contribution is 9.10. The molecule has 0 radical (unpaired) electrons. The van der Waals surface area contributed by atoms with Crippen LogP contribution in [0.15, 0.2) is 22.7 Å². The van der Waals surface area contributed by atoms with Gasteiger partial charge >= 0.3 is 0 Å². The van der Waals surface area contributed by atoms with E-state index in [4.69, 9.17) is 0 Å². The van der Waals surface area contributed by atoms with E-state index in [0.717, 1.165) is 35.2 Å². The van der Waals surface area contributed by atoms with Crippen molar-refractivity contribution in [1.29, 1.82) is 0 Å². The Morgan fingerprint density at radius 3 is 3.00 bits per heavy atom. The minimum atomic E-state index is -0.371. The van der Waals surface area contributed by atoms with Crippen molar-refractivity contribution in [2.75, 3.05) is 11.9 Å². The number of benzene rings is 1. The smallest absolute Gasteiger partial charge is 0.243 e. The van der Waals surface area contributed by atoms with Crippen LogP contribution in [-0.2, 0) is 4.79 Å². The number of carbonyl (C=O) groups is 1. The maximum absolute atomic E-state index is 13.8.